The van der Waals surface area contributed by atoms with E-state index in [9.17, 15) is 18.0 Å². The van der Waals surface area contributed by atoms with Gasteiger partial charge in [0.15, 0.2) is 0 Å². The minimum Gasteiger partial charge on any atom is -0.347 e. The van der Waals surface area contributed by atoms with Crippen LogP contribution in [0.2, 0.25) is 0 Å². The molecule has 1 amide bonds. The van der Waals surface area contributed by atoms with Crippen LogP contribution in [0.25, 0.3) is 11.3 Å². The summed E-state index contributed by atoms with van der Waals surface area (Å²) in [6.45, 7) is 1.74. The number of aromatic amines is 1. The molecular weight excluding hydrogens is 343 g/mol. The van der Waals surface area contributed by atoms with Crippen LogP contribution in [0.1, 0.15) is 27.2 Å². The Morgan fingerprint density at radius 2 is 1.81 bits per heavy atom. The van der Waals surface area contributed by atoms with Gasteiger partial charge in [-0.25, -0.2) is 0 Å². The first kappa shape index (κ1) is 17.7. The number of alkyl halides is 3. The van der Waals surface area contributed by atoms with Crippen LogP contribution in [-0.4, -0.2) is 16.1 Å². The number of hydrogen-bond acceptors (Lipinski definition) is 2. The number of hydrogen-bond donors (Lipinski definition) is 2. The van der Waals surface area contributed by atoms with Gasteiger partial charge in [-0.2, -0.15) is 18.3 Å². The fourth-order valence-corrected chi connectivity index (χ4v) is 2.53. The van der Waals surface area contributed by atoms with E-state index in [0.29, 0.717) is 5.69 Å². The molecule has 2 N–H and O–H groups in total. The molecule has 7 heteroatoms. The highest BCUT2D eigenvalue weighted by Crippen LogP contribution is 2.31. The van der Waals surface area contributed by atoms with Crippen molar-refractivity contribution in [3.63, 3.8) is 0 Å². The number of rotatable bonds is 4. The van der Waals surface area contributed by atoms with E-state index in [1.807, 2.05) is 31.2 Å². The van der Waals surface area contributed by atoms with Crippen LogP contribution >= 0.6 is 0 Å². The van der Waals surface area contributed by atoms with Crippen molar-refractivity contribution >= 4 is 5.91 Å². The number of nitrogens with one attached hydrogen (secondary N) is 2. The number of halogens is 3. The second-order valence-electron chi connectivity index (χ2n) is 5.87. The van der Waals surface area contributed by atoms with E-state index in [2.05, 4.69) is 15.5 Å². The highest BCUT2D eigenvalue weighted by molar-refractivity contribution is 5.93. The van der Waals surface area contributed by atoms with E-state index in [1.165, 1.54) is 18.2 Å². The van der Waals surface area contributed by atoms with Gasteiger partial charge in [-0.3, -0.25) is 9.89 Å². The molecule has 0 unspecified atom stereocenters. The maximum atomic E-state index is 13.0. The first-order chi connectivity index (χ1) is 12.3. The summed E-state index contributed by atoms with van der Waals surface area (Å²) in [4.78, 5) is 12.2. The molecule has 3 rings (SSSR count). The van der Waals surface area contributed by atoms with E-state index in [0.717, 1.165) is 17.2 Å². The molecule has 0 radical (unpaired) electrons. The SMILES string of the molecule is Cc1ccc(-c2cc(C(=O)NCc3ccccc3C(F)(F)F)[nH]n2)cc1. The predicted molar refractivity (Wildman–Crippen MR) is 91.4 cm³/mol. The van der Waals surface area contributed by atoms with Crippen LogP contribution < -0.4 is 5.32 Å². The molecule has 0 atom stereocenters. The van der Waals surface area contributed by atoms with Gasteiger partial charge in [-0.15, -0.1) is 0 Å². The Labute approximate surface area is 148 Å². The summed E-state index contributed by atoms with van der Waals surface area (Å²) >= 11 is 0. The summed E-state index contributed by atoms with van der Waals surface area (Å²) in [6.07, 6.45) is -4.46. The molecule has 2 aromatic carbocycles. The number of benzene rings is 2. The summed E-state index contributed by atoms with van der Waals surface area (Å²) in [7, 11) is 0. The lowest BCUT2D eigenvalue weighted by Crippen LogP contribution is -2.24. The van der Waals surface area contributed by atoms with E-state index in [-0.39, 0.29) is 17.8 Å². The molecule has 0 aliphatic carbocycles. The Bertz CT molecular complexity index is 914. The van der Waals surface area contributed by atoms with Crippen LogP contribution in [-0.2, 0) is 12.7 Å². The number of nitrogens with zero attached hydrogens (tertiary/aromatic N) is 1. The second-order valence-corrected chi connectivity index (χ2v) is 5.87. The highest BCUT2D eigenvalue weighted by atomic mass is 19.4. The van der Waals surface area contributed by atoms with Gasteiger partial charge in [-0.1, -0.05) is 48.0 Å². The van der Waals surface area contributed by atoms with E-state index >= 15 is 0 Å². The van der Waals surface area contributed by atoms with Gasteiger partial charge in [0.2, 0.25) is 0 Å². The maximum absolute atomic E-state index is 13.0. The number of carbonyl (C=O) groups excluding carboxylic acids is 1. The van der Waals surface area contributed by atoms with E-state index in [1.54, 1.807) is 6.07 Å². The van der Waals surface area contributed by atoms with Crippen molar-refractivity contribution in [3.8, 4) is 11.3 Å². The molecule has 0 saturated heterocycles. The van der Waals surface area contributed by atoms with Gasteiger partial charge in [0.1, 0.15) is 5.69 Å². The summed E-state index contributed by atoms with van der Waals surface area (Å²) in [6, 6.07) is 14.3. The van der Waals surface area contributed by atoms with Crippen molar-refractivity contribution < 1.29 is 18.0 Å². The number of aromatic nitrogens is 2. The molecule has 0 saturated carbocycles. The Kier molecular flexibility index (Phi) is 4.79. The molecule has 0 aliphatic rings. The third-order valence-electron chi connectivity index (χ3n) is 3.93. The molecule has 134 valence electrons. The smallest absolute Gasteiger partial charge is 0.347 e. The average Bonchev–Trinajstić information content (AvgIpc) is 3.10. The molecule has 0 fully saturated rings. The van der Waals surface area contributed by atoms with Crippen LogP contribution in [0.4, 0.5) is 13.2 Å². The third-order valence-corrected chi connectivity index (χ3v) is 3.93. The normalized spacial score (nSPS) is 11.4. The zero-order valence-electron chi connectivity index (χ0n) is 13.9. The summed E-state index contributed by atoms with van der Waals surface area (Å²) in [5, 5.41) is 9.19. The molecule has 26 heavy (non-hydrogen) atoms. The van der Waals surface area contributed by atoms with Gasteiger partial charge in [-0.05, 0) is 24.6 Å². The zero-order valence-corrected chi connectivity index (χ0v) is 13.9. The minimum atomic E-state index is -4.46. The number of amides is 1. The molecule has 1 heterocycles. The van der Waals surface area contributed by atoms with Crippen LogP contribution in [0.3, 0.4) is 0 Å². The third kappa shape index (κ3) is 3.93. The summed E-state index contributed by atoms with van der Waals surface area (Å²) in [5.41, 5.74) is 1.96. The molecule has 1 aromatic heterocycles. The highest BCUT2D eigenvalue weighted by Gasteiger charge is 2.32. The monoisotopic (exact) mass is 359 g/mol. The van der Waals surface area contributed by atoms with Crippen LogP contribution in [0.5, 0.6) is 0 Å². The van der Waals surface area contributed by atoms with Gasteiger partial charge < -0.3 is 5.32 Å². The van der Waals surface area contributed by atoms with Crippen molar-refractivity contribution in [1.29, 1.82) is 0 Å². The molecule has 3 aromatic rings. The van der Waals surface area contributed by atoms with Gasteiger partial charge in [0.05, 0.1) is 11.3 Å². The predicted octanol–water partition coefficient (Wildman–Crippen LogP) is 4.33. The quantitative estimate of drug-likeness (QED) is 0.728. The molecule has 0 bridgehead atoms. The molecular formula is C19H16F3N3O. The Balaban J connectivity index is 1.71. The lowest BCUT2D eigenvalue weighted by atomic mass is 10.1. The van der Waals surface area contributed by atoms with Gasteiger partial charge >= 0.3 is 6.18 Å². The lowest BCUT2D eigenvalue weighted by molar-refractivity contribution is -0.138. The van der Waals surface area contributed by atoms with Crippen LogP contribution in [0.15, 0.2) is 54.6 Å². The number of carbonyl (C=O) groups is 1. The lowest BCUT2D eigenvalue weighted by Gasteiger charge is -2.12. The molecule has 0 aliphatic heterocycles. The minimum absolute atomic E-state index is 0.00613. The first-order valence-corrected chi connectivity index (χ1v) is 7.90. The van der Waals surface area contributed by atoms with Gasteiger partial charge in [0, 0.05) is 12.1 Å². The fourth-order valence-electron chi connectivity index (χ4n) is 2.53. The standard InChI is InChI=1S/C19H16F3N3O/c1-12-6-8-13(9-7-12)16-10-17(25-24-16)18(26)23-11-14-4-2-3-5-15(14)19(20,21)22/h2-10H,11H2,1H3,(H,23,26)(H,24,25). The Morgan fingerprint density at radius 1 is 1.12 bits per heavy atom. The van der Waals surface area contributed by atoms with Crippen molar-refractivity contribution in [3.05, 3.63) is 77.0 Å². The van der Waals surface area contributed by atoms with E-state index in [4.69, 9.17) is 0 Å². The van der Waals surface area contributed by atoms with Crippen molar-refractivity contribution in [2.75, 3.05) is 0 Å². The number of H-pyrrole nitrogens is 1. The number of aryl methyl sites for hydroxylation is 1. The topological polar surface area (TPSA) is 57.8 Å². The summed E-state index contributed by atoms with van der Waals surface area (Å²) in [5.74, 6) is -0.521. The zero-order chi connectivity index (χ0) is 18.7. The van der Waals surface area contributed by atoms with E-state index < -0.39 is 17.6 Å². The molecule has 0 spiro atoms. The molecule has 4 nitrogen and oxygen atoms in total. The Hall–Kier alpha value is -3.09. The average molecular weight is 359 g/mol. The van der Waals surface area contributed by atoms with Crippen molar-refractivity contribution in [2.45, 2.75) is 19.6 Å². The van der Waals surface area contributed by atoms with Crippen LogP contribution in [0, 0.1) is 6.92 Å². The Morgan fingerprint density at radius 3 is 2.50 bits per heavy atom. The fraction of sp³-hybridized carbons (Fsp3) is 0.158. The second kappa shape index (κ2) is 7.03. The largest absolute Gasteiger partial charge is 0.416 e. The maximum Gasteiger partial charge on any atom is 0.416 e. The van der Waals surface area contributed by atoms with Crippen molar-refractivity contribution in [2.24, 2.45) is 0 Å². The summed E-state index contributed by atoms with van der Waals surface area (Å²) < 4.78 is 39.0. The van der Waals surface area contributed by atoms with Crippen molar-refractivity contribution in [1.82, 2.24) is 15.5 Å². The first-order valence-electron chi connectivity index (χ1n) is 7.90. The van der Waals surface area contributed by atoms with Gasteiger partial charge in [0.25, 0.3) is 5.91 Å².